The Labute approximate surface area is 172 Å². The largest absolute Gasteiger partial charge is 0.492 e. The van der Waals surface area contributed by atoms with E-state index < -0.39 is 34.9 Å². The maximum absolute atomic E-state index is 12.9. The molecule has 156 valence electrons. The monoisotopic (exact) mass is 412 g/mol. The van der Waals surface area contributed by atoms with Crippen LogP contribution < -0.4 is 15.4 Å². The van der Waals surface area contributed by atoms with Crippen molar-refractivity contribution >= 4 is 29.2 Å². The van der Waals surface area contributed by atoms with Crippen LogP contribution in [-0.2, 0) is 15.1 Å². The van der Waals surface area contributed by atoms with E-state index in [2.05, 4.69) is 10.6 Å². The molecule has 0 saturated carbocycles. The summed E-state index contributed by atoms with van der Waals surface area (Å²) in [5, 5.41) is 16.2. The molecule has 10 heteroatoms. The molecule has 1 aliphatic rings. The lowest BCUT2D eigenvalue weighted by molar-refractivity contribution is -0.385. The first-order chi connectivity index (χ1) is 14.3. The SMILES string of the molecule is CCOc1ccccc1NC(=O)CN1C(=O)NC(C)(c2cccc([N+](=O)[O-])c2)C1=O. The van der Waals surface area contributed by atoms with E-state index in [9.17, 15) is 24.5 Å². The molecular formula is C20H20N4O6. The third-order valence-corrected chi connectivity index (χ3v) is 4.67. The first kappa shape index (κ1) is 20.8. The molecule has 0 aliphatic carbocycles. The number of rotatable bonds is 7. The van der Waals surface area contributed by atoms with Crippen molar-refractivity contribution in [1.29, 1.82) is 0 Å². The molecule has 3 rings (SSSR count). The second kappa shape index (κ2) is 8.19. The van der Waals surface area contributed by atoms with Gasteiger partial charge in [0.15, 0.2) is 0 Å². The Morgan fingerprint density at radius 3 is 2.67 bits per heavy atom. The number of urea groups is 1. The number of imide groups is 1. The van der Waals surface area contributed by atoms with Crippen LogP contribution in [0.4, 0.5) is 16.2 Å². The summed E-state index contributed by atoms with van der Waals surface area (Å²) in [5.41, 5.74) is -1.07. The molecule has 1 fully saturated rings. The van der Waals surface area contributed by atoms with Gasteiger partial charge in [-0.1, -0.05) is 24.3 Å². The van der Waals surface area contributed by atoms with Crippen LogP contribution in [0.5, 0.6) is 5.75 Å². The average molecular weight is 412 g/mol. The number of hydrogen-bond acceptors (Lipinski definition) is 6. The Hall–Kier alpha value is -3.95. The number of nitro benzene ring substituents is 1. The van der Waals surface area contributed by atoms with Crippen molar-refractivity contribution in [3.8, 4) is 5.75 Å². The highest BCUT2D eigenvalue weighted by Gasteiger charge is 2.49. The van der Waals surface area contributed by atoms with Crippen molar-refractivity contribution in [3.63, 3.8) is 0 Å². The van der Waals surface area contributed by atoms with Gasteiger partial charge in [-0.05, 0) is 31.5 Å². The van der Waals surface area contributed by atoms with Crippen molar-refractivity contribution in [2.24, 2.45) is 0 Å². The molecule has 1 atom stereocenters. The summed E-state index contributed by atoms with van der Waals surface area (Å²) < 4.78 is 5.44. The van der Waals surface area contributed by atoms with Gasteiger partial charge >= 0.3 is 6.03 Å². The minimum atomic E-state index is -1.52. The Morgan fingerprint density at radius 2 is 1.97 bits per heavy atom. The van der Waals surface area contributed by atoms with Gasteiger partial charge in [0, 0.05) is 12.1 Å². The first-order valence-corrected chi connectivity index (χ1v) is 9.17. The Kier molecular flexibility index (Phi) is 5.67. The molecular weight excluding hydrogens is 392 g/mol. The Morgan fingerprint density at radius 1 is 1.23 bits per heavy atom. The highest BCUT2D eigenvalue weighted by atomic mass is 16.6. The molecule has 0 aromatic heterocycles. The lowest BCUT2D eigenvalue weighted by atomic mass is 9.91. The average Bonchev–Trinajstić information content (AvgIpc) is 2.94. The Balaban J connectivity index is 1.77. The second-order valence-electron chi connectivity index (χ2n) is 6.73. The standard InChI is InChI=1S/C20H20N4O6/c1-3-30-16-10-5-4-9-15(16)21-17(25)12-23-18(26)20(2,22-19(23)27)13-7-6-8-14(11-13)24(28)29/h4-11H,3,12H2,1-2H3,(H,21,25)(H,22,27). The summed E-state index contributed by atoms with van der Waals surface area (Å²) in [5.74, 6) is -0.804. The molecule has 4 amide bonds. The number of nitro groups is 1. The zero-order valence-electron chi connectivity index (χ0n) is 16.4. The normalized spacial score (nSPS) is 18.1. The van der Waals surface area contributed by atoms with E-state index in [-0.39, 0.29) is 11.3 Å². The van der Waals surface area contributed by atoms with Crippen LogP contribution in [-0.4, -0.2) is 40.8 Å². The maximum Gasteiger partial charge on any atom is 0.325 e. The molecule has 30 heavy (non-hydrogen) atoms. The van der Waals surface area contributed by atoms with Crippen molar-refractivity contribution in [2.75, 3.05) is 18.5 Å². The van der Waals surface area contributed by atoms with E-state index in [0.29, 0.717) is 18.0 Å². The number of carbonyl (C=O) groups excluding carboxylic acids is 3. The van der Waals surface area contributed by atoms with Gasteiger partial charge in [-0.3, -0.25) is 24.6 Å². The lowest BCUT2D eigenvalue weighted by Gasteiger charge is -2.22. The van der Waals surface area contributed by atoms with Gasteiger partial charge in [0.2, 0.25) is 5.91 Å². The van der Waals surface area contributed by atoms with Gasteiger partial charge in [0.05, 0.1) is 17.2 Å². The molecule has 1 heterocycles. The molecule has 0 bridgehead atoms. The molecule has 2 aromatic carbocycles. The van der Waals surface area contributed by atoms with Gasteiger partial charge in [-0.2, -0.15) is 0 Å². The van der Waals surface area contributed by atoms with E-state index in [1.54, 1.807) is 31.2 Å². The smallest absolute Gasteiger partial charge is 0.325 e. The molecule has 2 N–H and O–H groups in total. The minimum Gasteiger partial charge on any atom is -0.492 e. The molecule has 2 aromatic rings. The van der Waals surface area contributed by atoms with Crippen LogP contribution in [0, 0.1) is 10.1 Å². The third kappa shape index (κ3) is 3.93. The Bertz CT molecular complexity index is 1020. The number of para-hydroxylation sites is 2. The number of hydrogen-bond donors (Lipinski definition) is 2. The third-order valence-electron chi connectivity index (χ3n) is 4.67. The zero-order chi connectivity index (χ0) is 21.9. The number of non-ortho nitro benzene ring substituents is 1. The predicted octanol–water partition coefficient (Wildman–Crippen LogP) is 2.40. The first-order valence-electron chi connectivity index (χ1n) is 9.17. The zero-order valence-corrected chi connectivity index (χ0v) is 16.4. The summed E-state index contributed by atoms with van der Waals surface area (Å²) in [6.45, 7) is 3.13. The molecule has 10 nitrogen and oxygen atoms in total. The fraction of sp³-hybridized carbons (Fsp3) is 0.250. The molecule has 1 saturated heterocycles. The summed E-state index contributed by atoms with van der Waals surface area (Å²) >= 11 is 0. The van der Waals surface area contributed by atoms with Gasteiger partial charge in [0.25, 0.3) is 11.6 Å². The van der Waals surface area contributed by atoms with Crippen molar-refractivity contribution in [2.45, 2.75) is 19.4 Å². The molecule has 1 aliphatic heterocycles. The predicted molar refractivity (Wildman–Crippen MR) is 107 cm³/mol. The van der Waals surface area contributed by atoms with Gasteiger partial charge in [-0.15, -0.1) is 0 Å². The van der Waals surface area contributed by atoms with E-state index >= 15 is 0 Å². The molecule has 1 unspecified atom stereocenters. The quantitative estimate of drug-likeness (QED) is 0.408. The lowest BCUT2D eigenvalue weighted by Crippen LogP contribution is -2.42. The van der Waals surface area contributed by atoms with Gasteiger partial charge in [-0.25, -0.2) is 4.79 Å². The number of carbonyl (C=O) groups is 3. The van der Waals surface area contributed by atoms with Crippen molar-refractivity contribution < 1.29 is 24.0 Å². The van der Waals surface area contributed by atoms with Crippen LogP contribution >= 0.6 is 0 Å². The van der Waals surface area contributed by atoms with Gasteiger partial charge < -0.3 is 15.4 Å². The number of ether oxygens (including phenoxy) is 1. The second-order valence-corrected chi connectivity index (χ2v) is 6.73. The summed E-state index contributed by atoms with van der Waals surface area (Å²) in [6, 6.07) is 11.5. The molecule has 0 spiro atoms. The summed E-state index contributed by atoms with van der Waals surface area (Å²) in [4.78, 5) is 49.0. The highest BCUT2D eigenvalue weighted by Crippen LogP contribution is 2.31. The number of anilines is 1. The highest BCUT2D eigenvalue weighted by molar-refractivity contribution is 6.10. The number of benzene rings is 2. The fourth-order valence-electron chi connectivity index (χ4n) is 3.15. The fourth-order valence-corrected chi connectivity index (χ4v) is 3.15. The summed E-state index contributed by atoms with van der Waals surface area (Å²) in [7, 11) is 0. The molecule has 0 radical (unpaired) electrons. The maximum atomic E-state index is 12.9. The van der Waals surface area contributed by atoms with Crippen LogP contribution in [0.2, 0.25) is 0 Å². The van der Waals surface area contributed by atoms with Crippen LogP contribution in [0.3, 0.4) is 0 Å². The van der Waals surface area contributed by atoms with Crippen molar-refractivity contribution in [1.82, 2.24) is 10.2 Å². The van der Waals surface area contributed by atoms with Crippen LogP contribution in [0.1, 0.15) is 19.4 Å². The number of amides is 4. The van der Waals surface area contributed by atoms with E-state index in [1.807, 2.05) is 0 Å². The van der Waals surface area contributed by atoms with Crippen LogP contribution in [0.15, 0.2) is 48.5 Å². The summed E-state index contributed by atoms with van der Waals surface area (Å²) in [6.07, 6.45) is 0. The van der Waals surface area contributed by atoms with Crippen LogP contribution in [0.25, 0.3) is 0 Å². The minimum absolute atomic E-state index is 0.209. The van der Waals surface area contributed by atoms with E-state index in [1.165, 1.54) is 31.2 Å². The topological polar surface area (TPSA) is 131 Å². The van der Waals surface area contributed by atoms with Crippen molar-refractivity contribution in [3.05, 3.63) is 64.2 Å². The van der Waals surface area contributed by atoms with E-state index in [0.717, 1.165) is 4.90 Å². The number of nitrogens with zero attached hydrogens (tertiary/aromatic N) is 2. The van der Waals surface area contributed by atoms with Gasteiger partial charge in [0.1, 0.15) is 17.8 Å². The van der Waals surface area contributed by atoms with E-state index in [4.69, 9.17) is 4.74 Å². The number of nitrogens with one attached hydrogen (secondary N) is 2.